The number of carbonyl (C=O) groups is 3. The third-order valence-corrected chi connectivity index (χ3v) is 3.88. The van der Waals surface area contributed by atoms with E-state index in [-0.39, 0.29) is 11.3 Å². The largest absolute Gasteiger partial charge is 0.550 e. The molecule has 22 heavy (non-hydrogen) atoms. The Hall–Kier alpha value is -2.67. The van der Waals surface area contributed by atoms with E-state index >= 15 is 0 Å². The van der Waals surface area contributed by atoms with E-state index in [1.165, 1.54) is 18.2 Å². The molecule has 0 aliphatic carbocycles. The lowest BCUT2D eigenvalue weighted by molar-refractivity contribution is -0.313. The molecular formula is C15H11NO6-2. The lowest BCUT2D eigenvalue weighted by atomic mass is 9.82. The summed E-state index contributed by atoms with van der Waals surface area (Å²) in [4.78, 5) is 34.6. The molecule has 1 N–H and O–H groups in total. The number of amides is 1. The van der Waals surface area contributed by atoms with Crippen molar-refractivity contribution >= 4 is 23.5 Å². The van der Waals surface area contributed by atoms with Gasteiger partial charge in [-0.05, 0) is 6.07 Å². The summed E-state index contributed by atoms with van der Waals surface area (Å²) in [5, 5.41) is 24.7. The zero-order valence-electron chi connectivity index (χ0n) is 11.2. The van der Waals surface area contributed by atoms with Crippen molar-refractivity contribution in [3.63, 3.8) is 0 Å². The minimum Gasteiger partial charge on any atom is -0.550 e. The zero-order valence-corrected chi connectivity index (χ0v) is 11.2. The number of carbonyl (C=O) groups excluding carboxylic acids is 3. The summed E-state index contributed by atoms with van der Waals surface area (Å²) in [5.41, 5.74) is -0.128. The summed E-state index contributed by atoms with van der Waals surface area (Å²) in [5.74, 6) is -5.48. The first-order valence-electron chi connectivity index (χ1n) is 6.65. The first kappa shape index (κ1) is 14.3. The minimum atomic E-state index is -1.43. The van der Waals surface area contributed by atoms with Crippen LogP contribution < -0.4 is 15.5 Å². The molecule has 1 fully saturated rings. The van der Waals surface area contributed by atoms with Gasteiger partial charge in [0.15, 0.2) is 0 Å². The molecular weight excluding hydrogens is 290 g/mol. The molecule has 0 spiro atoms. The molecule has 2 aliphatic rings. The normalized spacial score (nSPS) is 28.5. The quantitative estimate of drug-likeness (QED) is 0.663. The van der Waals surface area contributed by atoms with Crippen LogP contribution >= 0.6 is 0 Å². The Kier molecular flexibility index (Phi) is 3.42. The van der Waals surface area contributed by atoms with Crippen LogP contribution in [0.15, 0.2) is 36.4 Å². The van der Waals surface area contributed by atoms with Crippen molar-refractivity contribution in [3.8, 4) is 0 Å². The summed E-state index contributed by atoms with van der Waals surface area (Å²) >= 11 is 0. The predicted molar refractivity (Wildman–Crippen MR) is 69.2 cm³/mol. The standard InChI is InChI=1S/C15H13NO6/c17-13(16-8-4-2-1-3-7(8)14(18)19)11-9-5-6-10(22-9)12(11)15(20)21/h1-6,9-12H,(H,16,17)(H,18,19)(H,20,21)/p-2/t9-,10+,11-,12+/m1/s1. The second-order valence-electron chi connectivity index (χ2n) is 5.14. The highest BCUT2D eigenvalue weighted by Gasteiger charge is 2.50. The Morgan fingerprint density at radius 3 is 2.27 bits per heavy atom. The van der Waals surface area contributed by atoms with E-state index in [1.54, 1.807) is 18.2 Å². The maximum absolute atomic E-state index is 12.4. The SMILES string of the molecule is O=C([O-])c1ccccc1NC(=O)[C@H]1[C@@H](C(=O)[O-])[C@@H]2C=C[C@H]1O2. The van der Waals surface area contributed by atoms with E-state index in [1.807, 2.05) is 0 Å². The number of hydrogen-bond acceptors (Lipinski definition) is 6. The van der Waals surface area contributed by atoms with Gasteiger partial charge in [0, 0.05) is 23.1 Å². The van der Waals surface area contributed by atoms with Gasteiger partial charge in [0.05, 0.1) is 24.1 Å². The number of hydrogen-bond donors (Lipinski definition) is 1. The smallest absolute Gasteiger partial charge is 0.231 e. The van der Waals surface area contributed by atoms with Crippen molar-refractivity contribution in [2.24, 2.45) is 11.8 Å². The number of rotatable bonds is 4. The molecule has 1 amide bonds. The average Bonchev–Trinajstić information content (AvgIpc) is 3.08. The highest BCUT2D eigenvalue weighted by atomic mass is 16.5. The van der Waals surface area contributed by atoms with Gasteiger partial charge in [-0.1, -0.05) is 30.4 Å². The number of anilines is 1. The number of fused-ring (bicyclic) bond motifs is 2. The van der Waals surface area contributed by atoms with Crippen LogP contribution in [0.4, 0.5) is 5.69 Å². The van der Waals surface area contributed by atoms with Gasteiger partial charge in [-0.15, -0.1) is 0 Å². The Balaban J connectivity index is 1.85. The second kappa shape index (κ2) is 5.27. The molecule has 4 atom stereocenters. The van der Waals surface area contributed by atoms with Gasteiger partial charge in [0.1, 0.15) is 0 Å². The molecule has 7 heteroatoms. The number of carboxylic acids is 2. The number of aliphatic carboxylic acids is 1. The van der Waals surface area contributed by atoms with Crippen LogP contribution in [0.25, 0.3) is 0 Å². The molecule has 1 saturated heterocycles. The molecule has 2 bridgehead atoms. The Labute approximate surface area is 125 Å². The van der Waals surface area contributed by atoms with E-state index < -0.39 is 41.9 Å². The first-order chi connectivity index (χ1) is 10.5. The van der Waals surface area contributed by atoms with E-state index in [0.717, 1.165) is 0 Å². The number of nitrogens with one attached hydrogen (secondary N) is 1. The van der Waals surface area contributed by atoms with Crippen molar-refractivity contribution in [1.29, 1.82) is 0 Å². The molecule has 0 saturated carbocycles. The number of carboxylic acid groups (broad SMARTS) is 2. The zero-order chi connectivity index (χ0) is 15.9. The molecule has 0 aromatic heterocycles. The van der Waals surface area contributed by atoms with Crippen LogP contribution in [0.1, 0.15) is 10.4 Å². The van der Waals surface area contributed by atoms with Crippen molar-refractivity contribution in [3.05, 3.63) is 42.0 Å². The summed E-state index contributed by atoms with van der Waals surface area (Å²) in [6, 6.07) is 5.74. The monoisotopic (exact) mass is 301 g/mol. The number of ether oxygens (including phenoxy) is 1. The van der Waals surface area contributed by atoms with Gasteiger partial charge in [0.2, 0.25) is 5.91 Å². The van der Waals surface area contributed by atoms with Crippen LogP contribution in [0.2, 0.25) is 0 Å². The van der Waals surface area contributed by atoms with Crippen LogP contribution in [0.3, 0.4) is 0 Å². The third-order valence-electron chi connectivity index (χ3n) is 3.88. The highest BCUT2D eigenvalue weighted by molar-refractivity contribution is 6.02. The van der Waals surface area contributed by atoms with Crippen LogP contribution in [-0.2, 0) is 14.3 Å². The van der Waals surface area contributed by atoms with Crippen molar-refractivity contribution in [2.75, 3.05) is 5.32 Å². The second-order valence-corrected chi connectivity index (χ2v) is 5.14. The number of aromatic carboxylic acids is 1. The third kappa shape index (κ3) is 2.25. The van der Waals surface area contributed by atoms with E-state index in [9.17, 15) is 24.6 Å². The lowest BCUT2D eigenvalue weighted by Crippen LogP contribution is -2.45. The first-order valence-corrected chi connectivity index (χ1v) is 6.65. The van der Waals surface area contributed by atoms with Gasteiger partial charge in [-0.2, -0.15) is 0 Å². The summed E-state index contributed by atoms with van der Waals surface area (Å²) in [6.45, 7) is 0. The Morgan fingerprint density at radius 2 is 1.64 bits per heavy atom. The number of benzene rings is 1. The van der Waals surface area contributed by atoms with Gasteiger partial charge < -0.3 is 29.9 Å². The fourth-order valence-electron chi connectivity index (χ4n) is 2.89. The van der Waals surface area contributed by atoms with Crippen molar-refractivity contribution in [1.82, 2.24) is 0 Å². The molecule has 0 radical (unpaired) electrons. The maximum atomic E-state index is 12.4. The highest BCUT2D eigenvalue weighted by Crippen LogP contribution is 2.39. The molecule has 114 valence electrons. The Bertz CT molecular complexity index is 682. The van der Waals surface area contributed by atoms with Crippen LogP contribution in [0, 0.1) is 11.8 Å². The molecule has 2 aliphatic heterocycles. The molecule has 0 unspecified atom stereocenters. The van der Waals surface area contributed by atoms with Crippen molar-refractivity contribution < 1.29 is 29.3 Å². The fourth-order valence-corrected chi connectivity index (χ4v) is 2.89. The minimum absolute atomic E-state index is 0.0522. The van der Waals surface area contributed by atoms with Gasteiger partial charge in [-0.25, -0.2) is 0 Å². The average molecular weight is 301 g/mol. The number of para-hydroxylation sites is 1. The molecule has 3 rings (SSSR count). The fraction of sp³-hybridized carbons (Fsp3) is 0.267. The molecule has 1 aromatic carbocycles. The van der Waals surface area contributed by atoms with Gasteiger partial charge in [-0.3, -0.25) is 4.79 Å². The van der Waals surface area contributed by atoms with Gasteiger partial charge in [0.25, 0.3) is 0 Å². The molecule has 2 heterocycles. The van der Waals surface area contributed by atoms with E-state index in [4.69, 9.17) is 4.74 Å². The van der Waals surface area contributed by atoms with Crippen LogP contribution in [0.5, 0.6) is 0 Å². The maximum Gasteiger partial charge on any atom is 0.231 e. The van der Waals surface area contributed by atoms with E-state index in [2.05, 4.69) is 5.32 Å². The van der Waals surface area contributed by atoms with Crippen molar-refractivity contribution in [2.45, 2.75) is 12.2 Å². The van der Waals surface area contributed by atoms with E-state index in [0.29, 0.717) is 0 Å². The topological polar surface area (TPSA) is 119 Å². The summed E-state index contributed by atoms with van der Waals surface area (Å²) < 4.78 is 5.37. The summed E-state index contributed by atoms with van der Waals surface area (Å²) in [6.07, 6.45) is 1.87. The van der Waals surface area contributed by atoms with Crippen LogP contribution in [-0.4, -0.2) is 30.1 Å². The lowest BCUT2D eigenvalue weighted by Gasteiger charge is -2.25. The summed E-state index contributed by atoms with van der Waals surface area (Å²) in [7, 11) is 0. The molecule has 1 aromatic rings. The van der Waals surface area contributed by atoms with Gasteiger partial charge >= 0.3 is 0 Å². The predicted octanol–water partition coefficient (Wildman–Crippen LogP) is -1.69. The Morgan fingerprint density at radius 1 is 1.00 bits per heavy atom. The molecule has 7 nitrogen and oxygen atoms in total.